The van der Waals surface area contributed by atoms with Crippen LogP contribution in [-0.4, -0.2) is 41.8 Å². The number of hydrogen-bond acceptors (Lipinski definition) is 5. The topological polar surface area (TPSA) is 65.1 Å². The van der Waals surface area contributed by atoms with Crippen LogP contribution in [0.2, 0.25) is 0 Å². The summed E-state index contributed by atoms with van der Waals surface area (Å²) >= 11 is 0. The van der Waals surface area contributed by atoms with E-state index in [4.69, 9.17) is 14.2 Å². The second kappa shape index (κ2) is 9.65. The number of carbonyl (C=O) groups excluding carboxylic acids is 2. The van der Waals surface area contributed by atoms with Crippen LogP contribution in [0.3, 0.4) is 0 Å². The van der Waals surface area contributed by atoms with Gasteiger partial charge in [-0.05, 0) is 32.4 Å². The van der Waals surface area contributed by atoms with Crippen LogP contribution in [0.5, 0.6) is 5.75 Å². The van der Waals surface area contributed by atoms with Crippen LogP contribution in [0.4, 0.5) is 4.79 Å². The SMILES string of the molecule is CC(C)(C)OC(=O)N1CC[C@H](Oc2ccccc2CC(=O)OCc2ccccc2)C1. The molecule has 1 aliphatic rings. The lowest BCUT2D eigenvalue weighted by Gasteiger charge is -2.24. The summed E-state index contributed by atoms with van der Waals surface area (Å²) in [6.07, 6.45) is 0.378. The number of benzene rings is 2. The smallest absolute Gasteiger partial charge is 0.410 e. The normalized spacial score (nSPS) is 16.2. The van der Waals surface area contributed by atoms with E-state index < -0.39 is 5.60 Å². The molecule has 0 aliphatic carbocycles. The molecular weight excluding hydrogens is 382 g/mol. The highest BCUT2D eigenvalue weighted by molar-refractivity contribution is 5.73. The predicted octanol–water partition coefficient (Wildman–Crippen LogP) is 4.36. The van der Waals surface area contributed by atoms with Gasteiger partial charge in [0.25, 0.3) is 0 Å². The summed E-state index contributed by atoms with van der Waals surface area (Å²) < 4.78 is 16.9. The summed E-state index contributed by atoms with van der Waals surface area (Å²) in [7, 11) is 0. The van der Waals surface area contributed by atoms with Gasteiger partial charge in [0.05, 0.1) is 13.0 Å². The lowest BCUT2D eigenvalue weighted by atomic mass is 10.1. The molecule has 0 unspecified atom stereocenters. The molecule has 0 radical (unpaired) electrons. The minimum absolute atomic E-state index is 0.130. The van der Waals surface area contributed by atoms with Gasteiger partial charge in [-0.25, -0.2) is 4.79 Å². The maximum Gasteiger partial charge on any atom is 0.410 e. The van der Waals surface area contributed by atoms with Crippen LogP contribution in [0, 0.1) is 0 Å². The van der Waals surface area contributed by atoms with Gasteiger partial charge in [0.2, 0.25) is 0 Å². The van der Waals surface area contributed by atoms with Gasteiger partial charge in [-0.3, -0.25) is 4.79 Å². The number of esters is 1. The van der Waals surface area contributed by atoms with E-state index in [0.717, 1.165) is 11.1 Å². The molecule has 1 heterocycles. The van der Waals surface area contributed by atoms with Gasteiger partial charge < -0.3 is 19.1 Å². The third-order valence-corrected chi connectivity index (χ3v) is 4.64. The van der Waals surface area contributed by atoms with Gasteiger partial charge in [0, 0.05) is 18.5 Å². The molecule has 1 fully saturated rings. The Hall–Kier alpha value is -3.02. The van der Waals surface area contributed by atoms with Crippen molar-refractivity contribution in [3.8, 4) is 5.75 Å². The van der Waals surface area contributed by atoms with Gasteiger partial charge in [0.1, 0.15) is 24.1 Å². The molecule has 6 heteroatoms. The fraction of sp³-hybridized carbons (Fsp3) is 0.417. The van der Waals surface area contributed by atoms with Gasteiger partial charge in [0.15, 0.2) is 0 Å². The maximum absolute atomic E-state index is 12.3. The Morgan fingerprint density at radius 2 is 1.73 bits per heavy atom. The van der Waals surface area contributed by atoms with Crippen molar-refractivity contribution in [2.45, 2.75) is 51.9 Å². The van der Waals surface area contributed by atoms with E-state index in [-0.39, 0.29) is 31.2 Å². The Bertz CT molecular complexity index is 859. The van der Waals surface area contributed by atoms with Crippen molar-refractivity contribution >= 4 is 12.1 Å². The van der Waals surface area contributed by atoms with Crippen LogP contribution in [0.1, 0.15) is 38.3 Å². The molecule has 0 N–H and O–H groups in total. The fourth-order valence-corrected chi connectivity index (χ4v) is 3.21. The molecule has 0 saturated carbocycles. The summed E-state index contributed by atoms with van der Waals surface area (Å²) in [6.45, 7) is 6.84. The lowest BCUT2D eigenvalue weighted by Crippen LogP contribution is -2.36. The minimum atomic E-state index is -0.525. The number of para-hydroxylation sites is 1. The molecular formula is C24H29NO5. The van der Waals surface area contributed by atoms with Crippen molar-refractivity contribution < 1.29 is 23.8 Å². The summed E-state index contributed by atoms with van der Waals surface area (Å²) in [5, 5.41) is 0. The molecule has 0 aromatic heterocycles. The molecule has 2 aromatic rings. The van der Waals surface area contributed by atoms with Crippen molar-refractivity contribution in [2.24, 2.45) is 0 Å². The largest absolute Gasteiger partial charge is 0.488 e. The van der Waals surface area contributed by atoms with E-state index in [9.17, 15) is 9.59 Å². The highest BCUT2D eigenvalue weighted by Gasteiger charge is 2.31. The van der Waals surface area contributed by atoms with Crippen molar-refractivity contribution in [3.05, 3.63) is 65.7 Å². The van der Waals surface area contributed by atoms with Crippen molar-refractivity contribution in [1.29, 1.82) is 0 Å². The standard InChI is InChI=1S/C24H29NO5/c1-24(2,3)30-23(27)25-14-13-20(16-25)29-21-12-8-7-11-19(21)15-22(26)28-17-18-9-5-4-6-10-18/h4-12,20H,13-17H2,1-3H3/t20-/m0/s1. The number of ether oxygens (including phenoxy) is 3. The molecule has 0 bridgehead atoms. The van der Waals surface area contributed by atoms with Crippen LogP contribution in [0.15, 0.2) is 54.6 Å². The van der Waals surface area contributed by atoms with Crippen LogP contribution in [0.25, 0.3) is 0 Å². The lowest BCUT2D eigenvalue weighted by molar-refractivity contribution is -0.144. The van der Waals surface area contributed by atoms with E-state index >= 15 is 0 Å². The van der Waals surface area contributed by atoms with Crippen molar-refractivity contribution in [1.82, 2.24) is 4.90 Å². The molecule has 1 atom stereocenters. The molecule has 2 aromatic carbocycles. The quantitative estimate of drug-likeness (QED) is 0.661. The first-order valence-electron chi connectivity index (χ1n) is 10.2. The zero-order valence-electron chi connectivity index (χ0n) is 17.8. The van der Waals surface area contributed by atoms with E-state index in [1.54, 1.807) is 4.90 Å². The highest BCUT2D eigenvalue weighted by Crippen LogP contribution is 2.24. The van der Waals surface area contributed by atoms with Crippen LogP contribution >= 0.6 is 0 Å². The third kappa shape index (κ3) is 6.51. The molecule has 1 aliphatic heterocycles. The number of amides is 1. The van der Waals surface area contributed by atoms with Gasteiger partial charge in [-0.2, -0.15) is 0 Å². The Morgan fingerprint density at radius 3 is 2.47 bits per heavy atom. The Labute approximate surface area is 177 Å². The first-order valence-corrected chi connectivity index (χ1v) is 10.2. The van der Waals surface area contributed by atoms with Gasteiger partial charge >= 0.3 is 12.1 Å². The zero-order valence-corrected chi connectivity index (χ0v) is 17.8. The Kier molecular flexibility index (Phi) is 6.98. The van der Waals surface area contributed by atoms with Crippen LogP contribution < -0.4 is 4.74 Å². The van der Waals surface area contributed by atoms with E-state index in [0.29, 0.717) is 25.3 Å². The van der Waals surface area contributed by atoms with Crippen molar-refractivity contribution in [2.75, 3.05) is 13.1 Å². The Morgan fingerprint density at radius 1 is 1.03 bits per heavy atom. The molecule has 30 heavy (non-hydrogen) atoms. The number of hydrogen-bond donors (Lipinski definition) is 0. The highest BCUT2D eigenvalue weighted by atomic mass is 16.6. The molecule has 1 saturated heterocycles. The van der Waals surface area contributed by atoms with Crippen LogP contribution in [-0.2, 0) is 27.3 Å². The molecule has 3 rings (SSSR count). The maximum atomic E-state index is 12.3. The first kappa shape index (κ1) is 21.7. The van der Waals surface area contributed by atoms with Gasteiger partial charge in [-0.1, -0.05) is 48.5 Å². The van der Waals surface area contributed by atoms with E-state index in [2.05, 4.69) is 0 Å². The number of likely N-dealkylation sites (tertiary alicyclic amines) is 1. The Balaban J connectivity index is 1.54. The number of nitrogens with zero attached hydrogens (tertiary/aromatic N) is 1. The number of carbonyl (C=O) groups is 2. The third-order valence-electron chi connectivity index (χ3n) is 4.64. The average molecular weight is 411 g/mol. The average Bonchev–Trinajstić information content (AvgIpc) is 3.16. The monoisotopic (exact) mass is 411 g/mol. The zero-order chi connectivity index (χ0) is 21.6. The molecule has 1 amide bonds. The van der Waals surface area contributed by atoms with Gasteiger partial charge in [-0.15, -0.1) is 0 Å². The summed E-state index contributed by atoms with van der Waals surface area (Å²) in [6, 6.07) is 17.0. The second-order valence-electron chi connectivity index (χ2n) is 8.39. The summed E-state index contributed by atoms with van der Waals surface area (Å²) in [5.41, 5.74) is 1.19. The van der Waals surface area contributed by atoms with E-state index in [1.165, 1.54) is 0 Å². The summed E-state index contributed by atoms with van der Waals surface area (Å²) in [4.78, 5) is 26.2. The van der Waals surface area contributed by atoms with Crippen molar-refractivity contribution in [3.63, 3.8) is 0 Å². The molecule has 0 spiro atoms. The fourth-order valence-electron chi connectivity index (χ4n) is 3.21. The minimum Gasteiger partial charge on any atom is -0.488 e. The summed E-state index contributed by atoms with van der Waals surface area (Å²) in [5.74, 6) is 0.335. The predicted molar refractivity (Wildman–Crippen MR) is 113 cm³/mol. The molecule has 160 valence electrons. The first-order chi connectivity index (χ1) is 14.3. The second-order valence-corrected chi connectivity index (χ2v) is 8.39. The van der Waals surface area contributed by atoms with E-state index in [1.807, 2.05) is 75.4 Å². The molecule has 6 nitrogen and oxygen atoms in total. The number of rotatable bonds is 6.